The summed E-state index contributed by atoms with van der Waals surface area (Å²) in [6.07, 6.45) is 5.69. The Hall–Kier alpha value is -2.47. The van der Waals surface area contributed by atoms with Gasteiger partial charge in [0.1, 0.15) is 11.8 Å². The lowest BCUT2D eigenvalue weighted by Gasteiger charge is -2.16. The van der Waals surface area contributed by atoms with Crippen LogP contribution in [0.25, 0.3) is 0 Å². The molecule has 3 aromatic rings. The van der Waals surface area contributed by atoms with E-state index in [-0.39, 0.29) is 11.9 Å². The molecular weight excluding hydrogens is 322 g/mol. The Balaban J connectivity index is 1.49. The molecule has 1 aromatic carbocycles. The number of aromatic nitrogens is 2. The maximum atomic E-state index is 12.1. The van der Waals surface area contributed by atoms with Gasteiger partial charge in [-0.2, -0.15) is 5.10 Å². The molecule has 5 nitrogen and oxygen atoms in total. The van der Waals surface area contributed by atoms with Crippen LogP contribution >= 0.6 is 11.8 Å². The molecule has 124 valence electrons. The topological polar surface area (TPSA) is 60.1 Å². The summed E-state index contributed by atoms with van der Waals surface area (Å²) in [5.74, 6) is 1.56. The van der Waals surface area contributed by atoms with Crippen LogP contribution in [0.3, 0.4) is 0 Å². The first-order valence-electron chi connectivity index (χ1n) is 7.80. The van der Waals surface area contributed by atoms with E-state index in [4.69, 9.17) is 4.42 Å². The fraction of sp³-hybridized carbons (Fsp3) is 0.222. The summed E-state index contributed by atoms with van der Waals surface area (Å²) in [5, 5.41) is 7.23. The summed E-state index contributed by atoms with van der Waals surface area (Å²) in [6.45, 7) is 0.448. The van der Waals surface area contributed by atoms with Crippen molar-refractivity contribution in [2.75, 3.05) is 12.3 Å². The van der Waals surface area contributed by atoms with Crippen LogP contribution in [0.5, 0.6) is 0 Å². The number of carbonyl (C=O) groups is 1. The predicted octanol–water partition coefficient (Wildman–Crippen LogP) is 3.36. The number of rotatable bonds is 8. The van der Waals surface area contributed by atoms with Gasteiger partial charge in [-0.05, 0) is 30.3 Å². The molecule has 1 atom stereocenters. The molecule has 2 heterocycles. The van der Waals surface area contributed by atoms with Gasteiger partial charge in [0.2, 0.25) is 5.91 Å². The third-order valence-corrected chi connectivity index (χ3v) is 4.56. The summed E-state index contributed by atoms with van der Waals surface area (Å²) in [6, 6.07) is 15.5. The zero-order chi connectivity index (χ0) is 16.6. The van der Waals surface area contributed by atoms with Crippen LogP contribution in [0.2, 0.25) is 0 Å². The smallest absolute Gasteiger partial charge is 0.220 e. The Morgan fingerprint density at radius 1 is 1.21 bits per heavy atom. The highest BCUT2D eigenvalue weighted by atomic mass is 32.2. The first kappa shape index (κ1) is 16.4. The van der Waals surface area contributed by atoms with E-state index in [1.165, 1.54) is 4.90 Å². The Morgan fingerprint density at radius 3 is 2.79 bits per heavy atom. The number of hydrogen-bond donors (Lipinski definition) is 1. The van der Waals surface area contributed by atoms with Crippen LogP contribution < -0.4 is 5.32 Å². The van der Waals surface area contributed by atoms with Crippen LogP contribution in [-0.2, 0) is 4.79 Å². The van der Waals surface area contributed by atoms with Crippen molar-refractivity contribution in [2.45, 2.75) is 17.4 Å². The van der Waals surface area contributed by atoms with Gasteiger partial charge in [-0.1, -0.05) is 18.2 Å². The standard InChI is InChI=1S/C18H19N3O2S/c22-18(9-13-24-15-6-2-1-3-7-15)19-14-16(17-8-4-12-23-17)21-11-5-10-20-21/h1-8,10-12,16H,9,13-14H2,(H,19,22)/t16-/m0/s1. The Morgan fingerprint density at radius 2 is 2.08 bits per heavy atom. The average Bonchev–Trinajstić information content (AvgIpc) is 3.30. The Labute approximate surface area is 145 Å². The molecule has 0 fully saturated rings. The summed E-state index contributed by atoms with van der Waals surface area (Å²) in [7, 11) is 0. The molecule has 0 aliphatic carbocycles. The van der Waals surface area contributed by atoms with E-state index < -0.39 is 0 Å². The molecule has 0 aliphatic heterocycles. The van der Waals surface area contributed by atoms with Gasteiger partial charge in [-0.25, -0.2) is 0 Å². The largest absolute Gasteiger partial charge is 0.467 e. The van der Waals surface area contributed by atoms with Crippen LogP contribution in [-0.4, -0.2) is 28.0 Å². The van der Waals surface area contributed by atoms with E-state index in [2.05, 4.69) is 10.4 Å². The maximum Gasteiger partial charge on any atom is 0.220 e. The second kappa shape index (κ2) is 8.40. The van der Waals surface area contributed by atoms with Crippen LogP contribution in [0, 0.1) is 0 Å². The molecule has 1 N–H and O–H groups in total. The van der Waals surface area contributed by atoms with Crippen molar-refractivity contribution in [3.05, 3.63) is 72.9 Å². The predicted molar refractivity (Wildman–Crippen MR) is 93.9 cm³/mol. The van der Waals surface area contributed by atoms with Crippen molar-refractivity contribution in [1.29, 1.82) is 0 Å². The lowest BCUT2D eigenvalue weighted by Crippen LogP contribution is -2.31. The van der Waals surface area contributed by atoms with Gasteiger partial charge < -0.3 is 9.73 Å². The number of nitrogens with zero attached hydrogens (tertiary/aromatic N) is 2. The summed E-state index contributed by atoms with van der Waals surface area (Å²) in [4.78, 5) is 13.3. The van der Waals surface area contributed by atoms with Crippen molar-refractivity contribution in [1.82, 2.24) is 15.1 Å². The highest BCUT2D eigenvalue weighted by molar-refractivity contribution is 7.99. The second-order valence-electron chi connectivity index (χ2n) is 5.23. The normalized spacial score (nSPS) is 12.0. The van der Waals surface area contributed by atoms with E-state index in [1.54, 1.807) is 28.9 Å². The number of amides is 1. The minimum absolute atomic E-state index is 0.0298. The van der Waals surface area contributed by atoms with Crippen LogP contribution in [0.1, 0.15) is 18.2 Å². The fourth-order valence-corrected chi connectivity index (χ4v) is 3.22. The summed E-state index contributed by atoms with van der Waals surface area (Å²) in [5.41, 5.74) is 0. The molecule has 6 heteroatoms. The molecule has 0 spiro atoms. The number of nitrogens with one attached hydrogen (secondary N) is 1. The minimum Gasteiger partial charge on any atom is -0.467 e. The number of benzene rings is 1. The van der Waals surface area contributed by atoms with Gasteiger partial charge in [-0.3, -0.25) is 9.48 Å². The number of thioether (sulfide) groups is 1. The van der Waals surface area contributed by atoms with Gasteiger partial charge in [0.15, 0.2) is 0 Å². The zero-order valence-corrected chi connectivity index (χ0v) is 14.0. The van der Waals surface area contributed by atoms with Crippen molar-refractivity contribution >= 4 is 17.7 Å². The van der Waals surface area contributed by atoms with E-state index in [9.17, 15) is 4.79 Å². The number of furan rings is 1. The zero-order valence-electron chi connectivity index (χ0n) is 13.2. The lowest BCUT2D eigenvalue weighted by atomic mass is 10.2. The van der Waals surface area contributed by atoms with Crippen molar-refractivity contribution in [2.24, 2.45) is 0 Å². The first-order chi connectivity index (χ1) is 11.8. The van der Waals surface area contributed by atoms with Gasteiger partial charge in [0, 0.05) is 36.0 Å². The molecular formula is C18H19N3O2S. The van der Waals surface area contributed by atoms with Gasteiger partial charge in [0.05, 0.1) is 6.26 Å². The Bertz CT molecular complexity index is 693. The first-order valence-corrected chi connectivity index (χ1v) is 8.78. The molecule has 0 saturated carbocycles. The molecule has 24 heavy (non-hydrogen) atoms. The Kier molecular flexibility index (Phi) is 5.74. The lowest BCUT2D eigenvalue weighted by molar-refractivity contribution is -0.120. The van der Waals surface area contributed by atoms with Gasteiger partial charge in [-0.15, -0.1) is 11.8 Å². The molecule has 1 amide bonds. The average molecular weight is 341 g/mol. The van der Waals surface area contributed by atoms with E-state index >= 15 is 0 Å². The highest BCUT2D eigenvalue weighted by Gasteiger charge is 2.17. The van der Waals surface area contributed by atoms with Crippen LogP contribution in [0.15, 0.2) is 76.5 Å². The number of hydrogen-bond acceptors (Lipinski definition) is 4. The third-order valence-electron chi connectivity index (χ3n) is 3.55. The van der Waals surface area contributed by atoms with Crippen LogP contribution in [0.4, 0.5) is 0 Å². The summed E-state index contributed by atoms with van der Waals surface area (Å²) < 4.78 is 7.26. The third kappa shape index (κ3) is 4.52. The minimum atomic E-state index is -0.138. The quantitative estimate of drug-likeness (QED) is 0.638. The molecule has 0 aliphatic rings. The van der Waals surface area contributed by atoms with E-state index in [0.717, 1.165) is 11.5 Å². The second-order valence-corrected chi connectivity index (χ2v) is 6.40. The molecule has 3 rings (SSSR count). The maximum absolute atomic E-state index is 12.1. The molecule has 0 unspecified atom stereocenters. The summed E-state index contributed by atoms with van der Waals surface area (Å²) >= 11 is 1.68. The van der Waals surface area contributed by atoms with Crippen molar-refractivity contribution in [3.63, 3.8) is 0 Å². The van der Waals surface area contributed by atoms with Gasteiger partial charge in [0.25, 0.3) is 0 Å². The van der Waals surface area contributed by atoms with E-state index in [1.807, 2.05) is 54.7 Å². The number of carbonyl (C=O) groups excluding carboxylic acids is 1. The SMILES string of the molecule is O=C(CCSc1ccccc1)NC[C@@H](c1ccco1)n1cccn1. The fourth-order valence-electron chi connectivity index (χ4n) is 2.35. The van der Waals surface area contributed by atoms with Gasteiger partial charge >= 0.3 is 0 Å². The molecule has 0 radical (unpaired) electrons. The molecule has 2 aromatic heterocycles. The molecule has 0 bridgehead atoms. The molecule has 0 saturated heterocycles. The van der Waals surface area contributed by atoms with Crippen molar-refractivity contribution in [3.8, 4) is 0 Å². The van der Waals surface area contributed by atoms with E-state index in [0.29, 0.717) is 13.0 Å². The monoisotopic (exact) mass is 341 g/mol. The van der Waals surface area contributed by atoms with Crippen molar-refractivity contribution < 1.29 is 9.21 Å². The highest BCUT2D eigenvalue weighted by Crippen LogP contribution is 2.19.